The van der Waals surface area contributed by atoms with Crippen LogP contribution in [0.1, 0.15) is 22.3 Å². The van der Waals surface area contributed by atoms with Crippen LogP contribution < -0.4 is 4.74 Å². The lowest BCUT2D eigenvalue weighted by Crippen LogP contribution is -2.06. The van der Waals surface area contributed by atoms with Gasteiger partial charge < -0.3 is 14.6 Å². The highest BCUT2D eigenvalue weighted by Gasteiger charge is 2.13. The van der Waals surface area contributed by atoms with E-state index in [0.717, 1.165) is 33.4 Å². The molecule has 1 N–H and O–H groups in total. The van der Waals surface area contributed by atoms with Gasteiger partial charge in [-0.1, -0.05) is 12.1 Å². The maximum absolute atomic E-state index is 11.6. The molecule has 4 heteroatoms. The normalized spacial score (nSPS) is 10.5. The molecule has 0 aliphatic heterocycles. The maximum Gasteiger partial charge on any atom is 0.309 e. The zero-order valence-corrected chi connectivity index (χ0v) is 14.2. The van der Waals surface area contributed by atoms with Crippen LogP contribution in [0.15, 0.2) is 24.3 Å². The highest BCUT2D eigenvalue weighted by Crippen LogP contribution is 2.36. The fourth-order valence-electron chi connectivity index (χ4n) is 2.58. The van der Waals surface area contributed by atoms with Gasteiger partial charge in [0.15, 0.2) is 11.5 Å². The van der Waals surface area contributed by atoms with Gasteiger partial charge in [0, 0.05) is 0 Å². The minimum atomic E-state index is -0.260. The van der Waals surface area contributed by atoms with Crippen LogP contribution in [0.25, 0.3) is 11.1 Å². The summed E-state index contributed by atoms with van der Waals surface area (Å²) in [6, 6.07) is 7.77. The zero-order valence-electron chi connectivity index (χ0n) is 14.2. The first-order chi connectivity index (χ1) is 10.9. The number of benzene rings is 2. The van der Waals surface area contributed by atoms with Crippen molar-refractivity contribution in [2.45, 2.75) is 27.2 Å². The molecule has 0 saturated heterocycles. The van der Waals surface area contributed by atoms with E-state index in [1.54, 1.807) is 6.07 Å². The SMILES string of the molecule is COC(=O)Cc1cc(-c2cc(C)c(O)c(OC)c2)cc(C)c1C. The number of carbonyl (C=O) groups is 1. The van der Waals surface area contributed by atoms with Crippen molar-refractivity contribution < 1.29 is 19.4 Å². The second-order valence-electron chi connectivity index (χ2n) is 5.67. The van der Waals surface area contributed by atoms with Gasteiger partial charge >= 0.3 is 5.97 Å². The molecule has 0 amide bonds. The van der Waals surface area contributed by atoms with E-state index in [0.29, 0.717) is 5.75 Å². The fraction of sp³-hybridized carbons (Fsp3) is 0.316. The first-order valence-electron chi connectivity index (χ1n) is 7.42. The van der Waals surface area contributed by atoms with E-state index in [4.69, 9.17) is 9.47 Å². The van der Waals surface area contributed by atoms with Crippen molar-refractivity contribution >= 4 is 5.97 Å². The molecule has 0 spiro atoms. The molecule has 0 aliphatic rings. The van der Waals surface area contributed by atoms with Gasteiger partial charge in [0.25, 0.3) is 0 Å². The summed E-state index contributed by atoms with van der Waals surface area (Å²) in [7, 11) is 2.92. The van der Waals surface area contributed by atoms with Crippen LogP contribution in [0, 0.1) is 20.8 Å². The molecule has 0 fully saturated rings. The van der Waals surface area contributed by atoms with Gasteiger partial charge in [0.05, 0.1) is 20.6 Å². The van der Waals surface area contributed by atoms with E-state index >= 15 is 0 Å². The molecule has 0 heterocycles. The van der Waals surface area contributed by atoms with Gasteiger partial charge in [0.1, 0.15) is 0 Å². The van der Waals surface area contributed by atoms with Gasteiger partial charge in [-0.2, -0.15) is 0 Å². The smallest absolute Gasteiger partial charge is 0.309 e. The molecular weight excluding hydrogens is 292 g/mol. The van der Waals surface area contributed by atoms with Gasteiger partial charge in [-0.3, -0.25) is 4.79 Å². The Morgan fingerprint density at radius 2 is 1.61 bits per heavy atom. The number of carbonyl (C=O) groups excluding carboxylic acids is 1. The molecule has 4 nitrogen and oxygen atoms in total. The van der Waals surface area contributed by atoms with E-state index in [1.807, 2.05) is 32.9 Å². The van der Waals surface area contributed by atoms with Crippen LogP contribution >= 0.6 is 0 Å². The number of phenols is 1. The number of phenolic OH excluding ortho intramolecular Hbond substituents is 1. The van der Waals surface area contributed by atoms with E-state index in [2.05, 4.69) is 6.07 Å². The summed E-state index contributed by atoms with van der Waals surface area (Å²) < 4.78 is 10.0. The largest absolute Gasteiger partial charge is 0.504 e. The lowest BCUT2D eigenvalue weighted by molar-refractivity contribution is -0.139. The average Bonchev–Trinajstić information content (AvgIpc) is 2.53. The molecule has 0 atom stereocenters. The Bertz CT molecular complexity index is 748. The van der Waals surface area contributed by atoms with E-state index < -0.39 is 0 Å². The number of rotatable bonds is 4. The van der Waals surface area contributed by atoms with E-state index in [1.165, 1.54) is 14.2 Å². The second kappa shape index (κ2) is 6.73. The highest BCUT2D eigenvalue weighted by atomic mass is 16.5. The first kappa shape index (κ1) is 16.9. The number of hydrogen-bond donors (Lipinski definition) is 1. The Labute approximate surface area is 136 Å². The van der Waals surface area contributed by atoms with Crippen LogP contribution in [0.4, 0.5) is 0 Å². The van der Waals surface area contributed by atoms with Gasteiger partial charge in [-0.25, -0.2) is 0 Å². The molecule has 2 aromatic carbocycles. The minimum absolute atomic E-state index is 0.148. The van der Waals surface area contributed by atoms with Crippen molar-refractivity contribution in [3.63, 3.8) is 0 Å². The van der Waals surface area contributed by atoms with Crippen molar-refractivity contribution in [3.05, 3.63) is 46.5 Å². The van der Waals surface area contributed by atoms with Crippen LogP contribution in [0.3, 0.4) is 0 Å². The van der Waals surface area contributed by atoms with Crippen molar-refractivity contribution in [2.24, 2.45) is 0 Å². The first-order valence-corrected chi connectivity index (χ1v) is 7.42. The van der Waals surface area contributed by atoms with Gasteiger partial charge in [0.2, 0.25) is 0 Å². The van der Waals surface area contributed by atoms with Crippen molar-refractivity contribution in [1.29, 1.82) is 0 Å². The summed E-state index contributed by atoms with van der Waals surface area (Å²) in [6.07, 6.45) is 0.241. The Morgan fingerprint density at radius 1 is 1.00 bits per heavy atom. The summed E-state index contributed by atoms with van der Waals surface area (Å²) in [5, 5.41) is 9.99. The average molecular weight is 314 g/mol. The molecule has 122 valence electrons. The summed E-state index contributed by atoms with van der Waals surface area (Å²) in [5.74, 6) is 0.326. The topological polar surface area (TPSA) is 55.8 Å². The van der Waals surface area contributed by atoms with Gasteiger partial charge in [-0.05, 0) is 66.3 Å². The Kier molecular flexibility index (Phi) is 4.94. The predicted octanol–water partition coefficient (Wildman–Crippen LogP) is 3.71. The third-order valence-corrected chi connectivity index (χ3v) is 4.16. The molecule has 0 bridgehead atoms. The van der Waals surface area contributed by atoms with E-state index in [9.17, 15) is 9.90 Å². The molecule has 2 aromatic rings. The molecule has 0 saturated carbocycles. The summed E-state index contributed by atoms with van der Waals surface area (Å²) in [6.45, 7) is 5.85. The Hall–Kier alpha value is -2.49. The lowest BCUT2D eigenvalue weighted by atomic mass is 9.93. The minimum Gasteiger partial charge on any atom is -0.504 e. The summed E-state index contributed by atoms with van der Waals surface area (Å²) in [4.78, 5) is 11.6. The molecule has 2 rings (SSSR count). The number of esters is 1. The number of aryl methyl sites for hydroxylation is 2. The standard InChI is InChI=1S/C19H22O4/c1-11-6-15(8-14(13(11)3)10-18(20)23-5)16-7-12(2)19(21)17(9-16)22-4/h6-9,21H,10H2,1-5H3. The Morgan fingerprint density at radius 3 is 2.22 bits per heavy atom. The molecule has 0 aromatic heterocycles. The van der Waals surface area contributed by atoms with Gasteiger partial charge in [-0.15, -0.1) is 0 Å². The Balaban J connectivity index is 2.56. The molecule has 23 heavy (non-hydrogen) atoms. The molecule has 0 unspecified atom stereocenters. The second-order valence-corrected chi connectivity index (χ2v) is 5.67. The van der Waals surface area contributed by atoms with Crippen molar-refractivity contribution in [3.8, 4) is 22.6 Å². The number of methoxy groups -OCH3 is 2. The van der Waals surface area contributed by atoms with Crippen LogP contribution in [0.5, 0.6) is 11.5 Å². The molecule has 0 radical (unpaired) electrons. The van der Waals surface area contributed by atoms with E-state index in [-0.39, 0.29) is 18.1 Å². The summed E-state index contributed by atoms with van der Waals surface area (Å²) in [5.41, 5.74) is 5.79. The van der Waals surface area contributed by atoms with Crippen molar-refractivity contribution in [2.75, 3.05) is 14.2 Å². The zero-order chi connectivity index (χ0) is 17.1. The van der Waals surface area contributed by atoms with Crippen LogP contribution in [-0.4, -0.2) is 25.3 Å². The highest BCUT2D eigenvalue weighted by molar-refractivity contribution is 5.76. The fourth-order valence-corrected chi connectivity index (χ4v) is 2.58. The third-order valence-electron chi connectivity index (χ3n) is 4.16. The molecular formula is C19H22O4. The monoisotopic (exact) mass is 314 g/mol. The van der Waals surface area contributed by atoms with Crippen LogP contribution in [0.2, 0.25) is 0 Å². The number of ether oxygens (including phenoxy) is 2. The van der Waals surface area contributed by atoms with Crippen LogP contribution in [-0.2, 0) is 16.0 Å². The number of aromatic hydroxyl groups is 1. The third kappa shape index (κ3) is 3.47. The lowest BCUT2D eigenvalue weighted by Gasteiger charge is -2.14. The number of hydrogen-bond acceptors (Lipinski definition) is 4. The predicted molar refractivity (Wildman–Crippen MR) is 90.0 cm³/mol. The summed E-state index contributed by atoms with van der Waals surface area (Å²) >= 11 is 0. The molecule has 0 aliphatic carbocycles. The quantitative estimate of drug-likeness (QED) is 0.874. The maximum atomic E-state index is 11.6. The van der Waals surface area contributed by atoms with Crippen molar-refractivity contribution in [1.82, 2.24) is 0 Å².